The van der Waals surface area contributed by atoms with E-state index in [-0.39, 0.29) is 24.8 Å². The third-order valence-corrected chi connectivity index (χ3v) is 18.7. The molecule has 0 radical (unpaired) electrons. The number of hydrogen-bond donors (Lipinski definition) is 0. The molecule has 47 heavy (non-hydrogen) atoms. The minimum absolute atomic E-state index is 0. The van der Waals surface area contributed by atoms with Gasteiger partial charge in [0.05, 0.1) is 0 Å². The Hall–Kier alpha value is -2.75. The third-order valence-electron chi connectivity index (χ3n) is 10.4. The van der Waals surface area contributed by atoms with E-state index in [4.69, 9.17) is 9.47 Å². The first-order chi connectivity index (χ1) is 21.8. The summed E-state index contributed by atoms with van der Waals surface area (Å²) in [5, 5.41) is 0. The van der Waals surface area contributed by atoms with Gasteiger partial charge in [-0.2, -0.15) is 0 Å². The average molecular weight is 702 g/mol. The number of allylic oxidation sites excluding steroid dienone is 2. The molecule has 4 aromatic rings. The van der Waals surface area contributed by atoms with Gasteiger partial charge in [0.2, 0.25) is 0 Å². The van der Waals surface area contributed by atoms with Crippen LogP contribution < -0.4 is 34.3 Å². The average Bonchev–Trinajstić information content (AvgIpc) is 3.60. The van der Waals surface area contributed by atoms with E-state index < -0.39 is 16.6 Å². The summed E-state index contributed by atoms with van der Waals surface area (Å²) < 4.78 is 15.1. The van der Waals surface area contributed by atoms with Gasteiger partial charge in [0.1, 0.15) is 0 Å². The molecule has 1 fully saturated rings. The number of ether oxygens (including phenoxy) is 2. The summed E-state index contributed by atoms with van der Waals surface area (Å²) in [7, 11) is 3.48. The minimum Gasteiger partial charge on any atom is -1.00 e. The number of methoxy groups -OCH3 is 2. The monoisotopic (exact) mass is 700 g/mol. The summed E-state index contributed by atoms with van der Waals surface area (Å²) in [6.45, 7) is 9.59. The predicted octanol–water partition coefficient (Wildman–Crippen LogP) is 5.72. The Bertz CT molecular complexity index is 1650. The molecule has 0 amide bonds. The van der Waals surface area contributed by atoms with Gasteiger partial charge in [0, 0.05) is 0 Å². The maximum absolute atomic E-state index is 5.48. The Morgan fingerprint density at radius 2 is 0.957 bits per heavy atom. The van der Waals surface area contributed by atoms with Gasteiger partial charge >= 0.3 is 275 Å². The molecule has 0 saturated carbocycles. The number of halogens is 2. The van der Waals surface area contributed by atoms with Crippen LogP contribution in [0.5, 0.6) is 11.5 Å². The summed E-state index contributed by atoms with van der Waals surface area (Å²) in [6, 6.07) is 31.6. The van der Waals surface area contributed by atoms with Crippen LogP contribution in [0.2, 0.25) is 9.45 Å². The number of fused-ring (bicyclic) bond motifs is 2. The van der Waals surface area contributed by atoms with Gasteiger partial charge < -0.3 is 24.8 Å². The van der Waals surface area contributed by atoms with Crippen LogP contribution in [-0.2, 0) is 16.6 Å². The molecule has 5 heteroatoms. The molecule has 0 N–H and O–H groups in total. The fourth-order valence-corrected chi connectivity index (χ4v) is 18.8. The molecule has 2 atom stereocenters. The van der Waals surface area contributed by atoms with E-state index in [2.05, 4.69) is 125 Å². The van der Waals surface area contributed by atoms with E-state index in [1.54, 1.807) is 36.5 Å². The van der Waals surface area contributed by atoms with E-state index >= 15 is 0 Å². The molecule has 0 spiro atoms. The Kier molecular flexibility index (Phi) is 10.9. The van der Waals surface area contributed by atoms with Crippen LogP contribution in [0.3, 0.4) is 0 Å². The Labute approximate surface area is 297 Å². The van der Waals surface area contributed by atoms with E-state index in [1.807, 2.05) is 0 Å². The molecule has 2 nitrogen and oxygen atoms in total. The van der Waals surface area contributed by atoms with Crippen molar-refractivity contribution >= 4 is 12.2 Å². The van der Waals surface area contributed by atoms with Crippen LogP contribution in [0.25, 0.3) is 34.4 Å². The minimum atomic E-state index is -2.51. The molecule has 7 rings (SSSR count). The van der Waals surface area contributed by atoms with Crippen LogP contribution in [-0.4, -0.2) is 14.2 Å². The van der Waals surface area contributed by atoms with Crippen molar-refractivity contribution in [1.82, 2.24) is 0 Å². The number of benzene rings is 4. The topological polar surface area (TPSA) is 18.5 Å². The molecule has 1 aliphatic heterocycles. The summed E-state index contributed by atoms with van der Waals surface area (Å²) in [6.07, 6.45) is 7.62. The van der Waals surface area contributed by atoms with Gasteiger partial charge in [-0.3, -0.25) is 0 Å². The molecule has 3 aliphatic rings. The molecule has 1 saturated heterocycles. The van der Waals surface area contributed by atoms with Crippen molar-refractivity contribution < 1.29 is 50.9 Å². The van der Waals surface area contributed by atoms with Crippen LogP contribution >= 0.6 is 0 Å². The first-order valence-electron chi connectivity index (χ1n) is 16.8. The van der Waals surface area contributed by atoms with Crippen LogP contribution in [0, 0.1) is 11.8 Å². The Balaban J connectivity index is 0.00000217. The van der Waals surface area contributed by atoms with Gasteiger partial charge in [-0.15, -0.1) is 0 Å². The van der Waals surface area contributed by atoms with E-state index in [0.29, 0.717) is 20.3 Å². The van der Waals surface area contributed by atoms with E-state index in [1.165, 1.54) is 55.7 Å². The first-order valence-corrected chi connectivity index (χ1v) is 20.8. The molecule has 1 heterocycles. The molecular weight excluding hydrogens is 655 g/mol. The van der Waals surface area contributed by atoms with Gasteiger partial charge in [-0.25, -0.2) is 0 Å². The van der Waals surface area contributed by atoms with E-state index in [0.717, 1.165) is 11.5 Å². The summed E-state index contributed by atoms with van der Waals surface area (Å²) in [4.78, 5) is 0. The second-order valence-electron chi connectivity index (χ2n) is 14.3. The molecule has 244 valence electrons. The fraction of sp³-hybridized carbons (Fsp3) is 0.333. The summed E-state index contributed by atoms with van der Waals surface area (Å²) in [5.74, 6) is 3.09. The normalized spacial score (nSPS) is 17.8. The zero-order chi connectivity index (χ0) is 31.3. The van der Waals surface area contributed by atoms with Gasteiger partial charge in [0.25, 0.3) is 0 Å². The molecule has 0 bridgehead atoms. The molecule has 2 aliphatic carbocycles. The van der Waals surface area contributed by atoms with Gasteiger partial charge in [-0.05, 0) is 0 Å². The van der Waals surface area contributed by atoms with Crippen molar-refractivity contribution in [2.45, 2.75) is 58.4 Å². The zero-order valence-corrected chi connectivity index (χ0v) is 31.5. The molecular formula is C42H46Cl2O2Ti. The first kappa shape index (κ1) is 35.6. The molecule has 0 aromatic heterocycles. The fourth-order valence-electron chi connectivity index (χ4n) is 8.52. The smallest absolute Gasteiger partial charge is 1.00 e. The predicted molar refractivity (Wildman–Crippen MR) is 187 cm³/mol. The van der Waals surface area contributed by atoms with Crippen molar-refractivity contribution in [3.63, 3.8) is 0 Å². The maximum atomic E-state index is 5.48. The van der Waals surface area contributed by atoms with Gasteiger partial charge in [0.15, 0.2) is 0 Å². The standard InChI is InChI=1S/2C20H21O.C2H4.2ClH.Ti/c2*1-14(2)11-15-12-17-5-4-6-19(20(17)13-15)16-7-9-18(21-3)10-8-16;1-2;;;/h2*4-10,12-14H,11H2,1-3H3;1-2H2;2*1H;/q;;;;;+2/p-2. The second kappa shape index (κ2) is 14.4. The number of rotatable bonds is 10. The van der Waals surface area contributed by atoms with Crippen molar-refractivity contribution in [2.75, 3.05) is 14.2 Å². The zero-order valence-electron chi connectivity index (χ0n) is 28.4. The number of hydrogen-bond acceptors (Lipinski definition) is 2. The second-order valence-corrected chi connectivity index (χ2v) is 21.5. The summed E-state index contributed by atoms with van der Waals surface area (Å²) >= 11 is -2.51. The molecule has 2 unspecified atom stereocenters. The van der Waals surface area contributed by atoms with Gasteiger partial charge in [-0.1, -0.05) is 0 Å². The van der Waals surface area contributed by atoms with Crippen LogP contribution in [0.15, 0.2) is 96.1 Å². The van der Waals surface area contributed by atoms with Crippen LogP contribution in [0.4, 0.5) is 0 Å². The maximum Gasteiger partial charge on any atom is -1.00 e. The molecule has 4 aromatic carbocycles. The van der Waals surface area contributed by atoms with Crippen molar-refractivity contribution in [3.05, 3.63) is 118 Å². The van der Waals surface area contributed by atoms with E-state index in [9.17, 15) is 0 Å². The quantitative estimate of drug-likeness (QED) is 0.197. The largest absolute Gasteiger partial charge is 1.00 e. The van der Waals surface area contributed by atoms with Crippen molar-refractivity contribution in [3.8, 4) is 33.8 Å². The summed E-state index contributed by atoms with van der Waals surface area (Å²) in [5.41, 5.74) is 14.9. The van der Waals surface area contributed by atoms with Crippen molar-refractivity contribution in [2.24, 2.45) is 11.8 Å². The van der Waals surface area contributed by atoms with Crippen LogP contribution in [0.1, 0.15) is 71.2 Å². The third kappa shape index (κ3) is 6.52. The Morgan fingerprint density at radius 1 is 0.574 bits per heavy atom. The SMILES string of the molecule is COc1ccc(-c2cccc3c2C=C(CC(C)C)[CH]3[Ti+2]2([CH]3C(CC(C)C)=Cc4c(-c5ccc(OC)cc5)cccc43)[CH2][CH2]2)cc1.[Cl-].[Cl-]. The van der Waals surface area contributed by atoms with Crippen molar-refractivity contribution in [1.29, 1.82) is 0 Å². The Morgan fingerprint density at radius 3 is 1.28 bits per heavy atom.